The Balaban J connectivity index is 1.54. The van der Waals surface area contributed by atoms with Crippen molar-refractivity contribution in [1.82, 2.24) is 0 Å². The fourth-order valence-corrected chi connectivity index (χ4v) is 8.24. The highest BCUT2D eigenvalue weighted by Crippen LogP contribution is 2.65. The number of esters is 1. The highest BCUT2D eigenvalue weighted by Gasteiger charge is 2.57. The third-order valence-electron chi connectivity index (χ3n) is 8.70. The molecule has 0 spiro atoms. The van der Waals surface area contributed by atoms with Crippen molar-refractivity contribution in [1.29, 1.82) is 0 Å². The van der Waals surface area contributed by atoms with Gasteiger partial charge in [0, 0.05) is 13.3 Å². The summed E-state index contributed by atoms with van der Waals surface area (Å²) in [5, 5.41) is 0. The van der Waals surface area contributed by atoms with E-state index >= 15 is 0 Å². The van der Waals surface area contributed by atoms with E-state index in [4.69, 9.17) is 9.16 Å². The molecule has 4 rings (SSSR count). The number of carbonyl (C=O) groups excluding carboxylic acids is 1. The molecule has 3 nitrogen and oxygen atoms in total. The van der Waals surface area contributed by atoms with Gasteiger partial charge in [-0.3, -0.25) is 4.79 Å². The molecule has 0 heterocycles. The van der Waals surface area contributed by atoms with Crippen LogP contribution in [0.15, 0.2) is 35.6 Å². The summed E-state index contributed by atoms with van der Waals surface area (Å²) >= 11 is 0. The van der Waals surface area contributed by atoms with E-state index in [1.54, 1.807) is 5.57 Å². The molecule has 4 aliphatic rings. The van der Waals surface area contributed by atoms with Crippen LogP contribution in [-0.2, 0) is 14.0 Å². The third kappa shape index (κ3) is 3.63. The van der Waals surface area contributed by atoms with Crippen molar-refractivity contribution >= 4 is 14.3 Å². The molecule has 0 aliphatic heterocycles. The lowest BCUT2D eigenvalue weighted by Gasteiger charge is -2.57. The first-order valence-electron chi connectivity index (χ1n) is 11.9. The molecule has 0 aromatic rings. The third-order valence-corrected chi connectivity index (χ3v) is 9.56. The zero-order valence-corrected chi connectivity index (χ0v) is 20.8. The molecule has 4 heteroatoms. The van der Waals surface area contributed by atoms with Crippen LogP contribution in [0.25, 0.3) is 0 Å². The number of allylic oxidation sites excluding steroid dienone is 3. The Morgan fingerprint density at radius 2 is 1.77 bits per heavy atom. The fraction of sp³-hybridized carbons (Fsp3) is 0.731. The molecule has 0 amide bonds. The molecular formula is C26H40O3Si. The van der Waals surface area contributed by atoms with E-state index in [-0.39, 0.29) is 22.9 Å². The predicted molar refractivity (Wildman–Crippen MR) is 124 cm³/mol. The Kier molecular flexibility index (Phi) is 5.40. The van der Waals surface area contributed by atoms with Gasteiger partial charge in [-0.1, -0.05) is 38.2 Å². The molecule has 0 saturated heterocycles. The van der Waals surface area contributed by atoms with Crippen molar-refractivity contribution in [2.24, 2.45) is 28.6 Å². The van der Waals surface area contributed by atoms with Crippen molar-refractivity contribution in [2.45, 2.75) is 91.5 Å². The summed E-state index contributed by atoms with van der Waals surface area (Å²) in [4.78, 5) is 11.5. The van der Waals surface area contributed by atoms with Gasteiger partial charge in [-0.15, -0.1) is 0 Å². The molecule has 2 fully saturated rings. The van der Waals surface area contributed by atoms with E-state index in [0.29, 0.717) is 5.92 Å². The second kappa shape index (κ2) is 7.39. The Labute approximate surface area is 184 Å². The van der Waals surface area contributed by atoms with Gasteiger partial charge >= 0.3 is 5.97 Å². The molecule has 4 aliphatic carbocycles. The SMILES string of the molecule is C=C(O[Si](C)(C)C)C1=CC[C@H]2[C@@H]3CC=C4C[C@@H](OC(C)=O)CC[C@]4(C)[C@H]3CC[C@]12C. The number of fused-ring (bicyclic) bond motifs is 5. The van der Waals surface area contributed by atoms with Crippen molar-refractivity contribution in [3.05, 3.63) is 35.6 Å². The summed E-state index contributed by atoms with van der Waals surface area (Å²) in [6.07, 6.45) is 13.0. The Morgan fingerprint density at radius 1 is 1.07 bits per heavy atom. The molecule has 0 aromatic heterocycles. The number of rotatable bonds is 4. The van der Waals surface area contributed by atoms with E-state index in [1.807, 2.05) is 0 Å². The molecule has 0 N–H and O–H groups in total. The molecular weight excluding hydrogens is 388 g/mol. The summed E-state index contributed by atoms with van der Waals surface area (Å²) in [7, 11) is -1.65. The first-order chi connectivity index (χ1) is 13.9. The smallest absolute Gasteiger partial charge is 0.302 e. The lowest BCUT2D eigenvalue weighted by atomic mass is 9.47. The number of ether oxygens (including phenoxy) is 1. The zero-order chi connectivity index (χ0) is 21.9. The summed E-state index contributed by atoms with van der Waals surface area (Å²) < 4.78 is 11.9. The highest BCUT2D eigenvalue weighted by atomic mass is 28.4. The van der Waals surface area contributed by atoms with Gasteiger partial charge in [-0.05, 0) is 92.3 Å². The Bertz CT molecular complexity index is 804. The number of hydrogen-bond acceptors (Lipinski definition) is 3. The maximum atomic E-state index is 11.5. The predicted octanol–water partition coefficient (Wildman–Crippen LogP) is 6.78. The van der Waals surface area contributed by atoms with E-state index in [0.717, 1.165) is 43.3 Å². The van der Waals surface area contributed by atoms with Gasteiger partial charge in [0.2, 0.25) is 8.32 Å². The quantitative estimate of drug-likeness (QED) is 0.214. The second-order valence-electron chi connectivity index (χ2n) is 11.7. The van der Waals surface area contributed by atoms with Crippen molar-refractivity contribution in [3.63, 3.8) is 0 Å². The number of carbonyl (C=O) groups is 1. The van der Waals surface area contributed by atoms with Crippen molar-refractivity contribution in [3.8, 4) is 0 Å². The van der Waals surface area contributed by atoms with Gasteiger partial charge < -0.3 is 9.16 Å². The van der Waals surface area contributed by atoms with Gasteiger partial charge in [-0.2, -0.15) is 0 Å². The molecule has 166 valence electrons. The Hall–Kier alpha value is -1.29. The van der Waals surface area contributed by atoms with Gasteiger partial charge in [0.25, 0.3) is 0 Å². The summed E-state index contributed by atoms with van der Waals surface area (Å²) in [5.74, 6) is 2.97. The van der Waals surface area contributed by atoms with Crippen molar-refractivity contribution < 1.29 is 14.0 Å². The maximum Gasteiger partial charge on any atom is 0.302 e. The minimum atomic E-state index is -1.65. The van der Waals surface area contributed by atoms with Crippen molar-refractivity contribution in [2.75, 3.05) is 0 Å². The average molecular weight is 429 g/mol. The summed E-state index contributed by atoms with van der Waals surface area (Å²) in [6, 6.07) is 0. The minimum Gasteiger partial charge on any atom is -0.545 e. The van der Waals surface area contributed by atoms with Crippen LogP contribution in [0.3, 0.4) is 0 Å². The van der Waals surface area contributed by atoms with E-state index < -0.39 is 8.32 Å². The van der Waals surface area contributed by atoms with Crippen LogP contribution < -0.4 is 0 Å². The molecule has 0 unspecified atom stereocenters. The largest absolute Gasteiger partial charge is 0.545 e. The van der Waals surface area contributed by atoms with Gasteiger partial charge in [0.15, 0.2) is 0 Å². The van der Waals surface area contributed by atoms with Crippen LogP contribution in [0.5, 0.6) is 0 Å². The van der Waals surface area contributed by atoms with Crippen LogP contribution in [0.1, 0.15) is 65.7 Å². The van der Waals surface area contributed by atoms with Gasteiger partial charge in [0.05, 0.1) is 5.76 Å². The molecule has 30 heavy (non-hydrogen) atoms. The van der Waals surface area contributed by atoms with Gasteiger partial charge in [-0.25, -0.2) is 0 Å². The normalized spacial score (nSPS) is 40.3. The van der Waals surface area contributed by atoms with E-state index in [2.05, 4.69) is 52.2 Å². The zero-order valence-electron chi connectivity index (χ0n) is 19.8. The fourth-order valence-electron chi connectivity index (χ4n) is 7.39. The lowest BCUT2D eigenvalue weighted by Crippen LogP contribution is -2.50. The summed E-state index contributed by atoms with van der Waals surface area (Å²) in [6.45, 7) is 17.6. The van der Waals surface area contributed by atoms with E-state index in [1.165, 1.54) is 31.8 Å². The molecule has 2 saturated carbocycles. The molecule has 0 bridgehead atoms. The topological polar surface area (TPSA) is 35.5 Å². The van der Waals surface area contributed by atoms with Crippen LogP contribution in [-0.4, -0.2) is 20.4 Å². The molecule has 0 aromatic carbocycles. The highest BCUT2D eigenvalue weighted by molar-refractivity contribution is 6.70. The Morgan fingerprint density at radius 3 is 2.43 bits per heavy atom. The number of hydrogen-bond donors (Lipinski definition) is 0. The van der Waals surface area contributed by atoms with Crippen LogP contribution >= 0.6 is 0 Å². The molecule has 6 atom stereocenters. The standard InChI is InChI=1S/C26H40O3Si/c1-17(29-30(5,6)7)22-10-11-23-21-9-8-19-16-20(28-18(2)27)12-14-25(19,3)24(21)13-15-26(22,23)4/h8,10,20-21,23-24H,1,9,11-16H2,2-7H3/t20-,21-,23-,24-,25-,26+/m0/s1. The lowest BCUT2D eigenvalue weighted by molar-refractivity contribution is -0.148. The van der Waals surface area contributed by atoms with Crippen LogP contribution in [0.2, 0.25) is 19.6 Å². The molecule has 0 radical (unpaired) electrons. The maximum absolute atomic E-state index is 11.5. The minimum absolute atomic E-state index is 0.0778. The van der Waals surface area contributed by atoms with Gasteiger partial charge in [0.1, 0.15) is 6.10 Å². The first kappa shape index (κ1) is 21.9. The second-order valence-corrected chi connectivity index (χ2v) is 16.1. The first-order valence-corrected chi connectivity index (χ1v) is 15.3. The van der Waals surface area contributed by atoms with Crippen LogP contribution in [0.4, 0.5) is 0 Å². The summed E-state index contributed by atoms with van der Waals surface area (Å²) in [5.41, 5.74) is 3.43. The average Bonchev–Trinajstić information content (AvgIpc) is 2.97. The van der Waals surface area contributed by atoms with Crippen LogP contribution in [0, 0.1) is 28.6 Å². The monoisotopic (exact) mass is 428 g/mol. The van der Waals surface area contributed by atoms with E-state index in [9.17, 15) is 4.79 Å².